The Hall–Kier alpha value is -2.08. The number of nitrogens with one attached hydrogen (secondary N) is 1. The van der Waals surface area contributed by atoms with Crippen LogP contribution in [-0.4, -0.2) is 47.5 Å². The predicted octanol–water partition coefficient (Wildman–Crippen LogP) is -0.390. The molecule has 1 atom stereocenters. The zero-order valence-corrected chi connectivity index (χ0v) is 11.2. The van der Waals surface area contributed by atoms with Gasteiger partial charge in [0.05, 0.1) is 12.6 Å². The quantitative estimate of drug-likeness (QED) is 0.701. The third-order valence-electron chi connectivity index (χ3n) is 3.28. The van der Waals surface area contributed by atoms with Gasteiger partial charge in [0.15, 0.2) is 0 Å². The van der Waals surface area contributed by atoms with E-state index in [9.17, 15) is 14.7 Å². The molecule has 1 aromatic rings. The van der Waals surface area contributed by atoms with Crippen molar-refractivity contribution in [1.29, 1.82) is 0 Å². The average molecular weight is 277 g/mol. The van der Waals surface area contributed by atoms with Crippen molar-refractivity contribution >= 4 is 11.8 Å². The first-order chi connectivity index (χ1) is 9.56. The highest BCUT2D eigenvalue weighted by Gasteiger charge is 2.24. The summed E-state index contributed by atoms with van der Waals surface area (Å²) in [6, 6.07) is 5.91. The lowest BCUT2D eigenvalue weighted by Crippen LogP contribution is -2.47. The number of benzene rings is 1. The number of amides is 2. The van der Waals surface area contributed by atoms with Crippen LogP contribution in [0.4, 0.5) is 0 Å². The van der Waals surface area contributed by atoms with Crippen LogP contribution in [-0.2, 0) is 16.0 Å². The van der Waals surface area contributed by atoms with Crippen molar-refractivity contribution in [2.75, 3.05) is 19.6 Å². The van der Waals surface area contributed by atoms with Gasteiger partial charge in [0.1, 0.15) is 5.75 Å². The summed E-state index contributed by atoms with van der Waals surface area (Å²) in [6.45, 7) is 1.21. The molecular formula is C14H19N3O3. The van der Waals surface area contributed by atoms with Crippen molar-refractivity contribution in [2.24, 2.45) is 5.73 Å². The smallest absolute Gasteiger partial charge is 0.240 e. The Bertz CT molecular complexity index is 487. The van der Waals surface area contributed by atoms with E-state index >= 15 is 0 Å². The molecule has 0 aliphatic carbocycles. The largest absolute Gasteiger partial charge is 0.508 e. The Morgan fingerprint density at radius 2 is 2.10 bits per heavy atom. The molecule has 0 spiro atoms. The maximum Gasteiger partial charge on any atom is 0.240 e. The van der Waals surface area contributed by atoms with Crippen LogP contribution in [0.2, 0.25) is 0 Å². The van der Waals surface area contributed by atoms with Crippen LogP contribution in [0.1, 0.15) is 12.0 Å². The summed E-state index contributed by atoms with van der Waals surface area (Å²) >= 11 is 0. The van der Waals surface area contributed by atoms with E-state index in [4.69, 9.17) is 5.73 Å². The van der Waals surface area contributed by atoms with Gasteiger partial charge in [-0.15, -0.1) is 0 Å². The number of phenols is 1. The van der Waals surface area contributed by atoms with Gasteiger partial charge >= 0.3 is 0 Å². The van der Waals surface area contributed by atoms with Crippen LogP contribution in [0.5, 0.6) is 5.75 Å². The van der Waals surface area contributed by atoms with E-state index in [0.717, 1.165) is 12.0 Å². The van der Waals surface area contributed by atoms with Gasteiger partial charge in [0, 0.05) is 13.1 Å². The van der Waals surface area contributed by atoms with Gasteiger partial charge in [-0.1, -0.05) is 12.1 Å². The van der Waals surface area contributed by atoms with Gasteiger partial charge in [-0.2, -0.15) is 0 Å². The minimum atomic E-state index is -0.676. The Balaban J connectivity index is 1.97. The Kier molecular flexibility index (Phi) is 4.57. The number of nitrogens with zero attached hydrogens (tertiary/aromatic N) is 1. The minimum Gasteiger partial charge on any atom is -0.508 e. The van der Waals surface area contributed by atoms with Crippen LogP contribution < -0.4 is 11.1 Å². The number of aromatic hydroxyl groups is 1. The standard InChI is InChI=1S/C14H19N3O3/c15-12(8-10-2-4-11(18)5-3-10)14(20)17-7-1-6-16-13(19)9-17/h2-5,12,18H,1,6-9,15H2,(H,16,19)/t12-/m1/s1. The van der Waals surface area contributed by atoms with E-state index < -0.39 is 6.04 Å². The first-order valence-corrected chi connectivity index (χ1v) is 6.65. The number of rotatable bonds is 3. The molecule has 0 bridgehead atoms. The van der Waals surface area contributed by atoms with Gasteiger partial charge in [0.25, 0.3) is 0 Å². The lowest BCUT2D eigenvalue weighted by atomic mass is 10.1. The zero-order chi connectivity index (χ0) is 14.5. The van der Waals surface area contributed by atoms with E-state index in [2.05, 4.69) is 5.32 Å². The van der Waals surface area contributed by atoms with Gasteiger partial charge in [0.2, 0.25) is 11.8 Å². The second-order valence-electron chi connectivity index (χ2n) is 4.94. The molecule has 6 heteroatoms. The van der Waals surface area contributed by atoms with E-state index in [1.165, 1.54) is 4.90 Å². The molecule has 4 N–H and O–H groups in total. The Morgan fingerprint density at radius 3 is 2.80 bits per heavy atom. The lowest BCUT2D eigenvalue weighted by Gasteiger charge is -2.23. The summed E-state index contributed by atoms with van der Waals surface area (Å²) < 4.78 is 0. The molecule has 6 nitrogen and oxygen atoms in total. The normalized spacial score (nSPS) is 17.2. The van der Waals surface area contributed by atoms with Gasteiger partial charge in [-0.3, -0.25) is 9.59 Å². The van der Waals surface area contributed by atoms with E-state index in [1.807, 2.05) is 0 Å². The minimum absolute atomic E-state index is 0.0715. The SMILES string of the molecule is N[C@H](Cc1ccc(O)cc1)C(=O)N1CCCNC(=O)C1. The molecule has 1 heterocycles. The van der Waals surface area contributed by atoms with Gasteiger partial charge in [-0.25, -0.2) is 0 Å². The molecule has 1 aromatic carbocycles. The Morgan fingerprint density at radius 1 is 1.40 bits per heavy atom. The van der Waals surface area contributed by atoms with Crippen LogP contribution in [0.15, 0.2) is 24.3 Å². The number of carbonyl (C=O) groups is 2. The van der Waals surface area contributed by atoms with Crippen LogP contribution in [0.25, 0.3) is 0 Å². The summed E-state index contributed by atoms with van der Waals surface area (Å²) in [5.74, 6) is -0.180. The fourth-order valence-electron chi connectivity index (χ4n) is 2.20. The summed E-state index contributed by atoms with van der Waals surface area (Å²) in [6.07, 6.45) is 1.13. The van der Waals surface area contributed by atoms with E-state index in [-0.39, 0.29) is 24.1 Å². The van der Waals surface area contributed by atoms with Crippen molar-refractivity contribution in [2.45, 2.75) is 18.9 Å². The van der Waals surface area contributed by atoms with Crippen LogP contribution in [0.3, 0.4) is 0 Å². The monoisotopic (exact) mass is 277 g/mol. The van der Waals surface area contributed by atoms with Crippen LogP contribution in [0, 0.1) is 0 Å². The fourth-order valence-corrected chi connectivity index (χ4v) is 2.20. The number of phenolic OH excluding ortho intramolecular Hbond substituents is 1. The summed E-state index contributed by atoms with van der Waals surface area (Å²) in [4.78, 5) is 25.2. The summed E-state index contributed by atoms with van der Waals surface area (Å²) in [7, 11) is 0. The topological polar surface area (TPSA) is 95.7 Å². The average Bonchev–Trinajstić information content (AvgIpc) is 2.65. The number of hydrogen-bond acceptors (Lipinski definition) is 4. The maximum atomic E-state index is 12.2. The lowest BCUT2D eigenvalue weighted by molar-refractivity contribution is -0.136. The first-order valence-electron chi connectivity index (χ1n) is 6.65. The highest BCUT2D eigenvalue weighted by Crippen LogP contribution is 2.12. The maximum absolute atomic E-state index is 12.2. The number of nitrogens with two attached hydrogens (primary N) is 1. The third kappa shape index (κ3) is 3.71. The summed E-state index contributed by atoms with van der Waals surface area (Å²) in [5, 5.41) is 11.9. The molecule has 1 aliphatic heterocycles. The molecule has 1 fully saturated rings. The second kappa shape index (κ2) is 6.38. The fraction of sp³-hybridized carbons (Fsp3) is 0.429. The molecule has 1 aliphatic rings. The van der Waals surface area contributed by atoms with E-state index in [1.54, 1.807) is 24.3 Å². The number of hydrogen-bond donors (Lipinski definition) is 3. The molecule has 20 heavy (non-hydrogen) atoms. The second-order valence-corrected chi connectivity index (χ2v) is 4.94. The van der Waals surface area contributed by atoms with Crippen molar-refractivity contribution in [3.63, 3.8) is 0 Å². The van der Waals surface area contributed by atoms with E-state index in [0.29, 0.717) is 19.5 Å². The first kappa shape index (κ1) is 14.3. The highest BCUT2D eigenvalue weighted by atomic mass is 16.3. The molecule has 0 aromatic heterocycles. The van der Waals surface area contributed by atoms with Gasteiger partial charge in [-0.05, 0) is 30.5 Å². The molecule has 2 amide bonds. The molecule has 0 radical (unpaired) electrons. The number of carbonyl (C=O) groups excluding carboxylic acids is 2. The summed E-state index contributed by atoms with van der Waals surface area (Å²) in [5.41, 5.74) is 6.81. The third-order valence-corrected chi connectivity index (χ3v) is 3.28. The van der Waals surface area contributed by atoms with Crippen molar-refractivity contribution < 1.29 is 14.7 Å². The molecule has 2 rings (SSSR count). The molecular weight excluding hydrogens is 258 g/mol. The van der Waals surface area contributed by atoms with Crippen molar-refractivity contribution in [3.05, 3.63) is 29.8 Å². The molecule has 0 saturated carbocycles. The molecule has 0 unspecified atom stereocenters. The van der Waals surface area contributed by atoms with Gasteiger partial charge < -0.3 is 21.1 Å². The van der Waals surface area contributed by atoms with Crippen molar-refractivity contribution in [3.8, 4) is 5.75 Å². The molecule has 1 saturated heterocycles. The highest BCUT2D eigenvalue weighted by molar-refractivity contribution is 5.87. The molecule has 108 valence electrons. The Labute approximate surface area is 117 Å². The van der Waals surface area contributed by atoms with Crippen molar-refractivity contribution in [1.82, 2.24) is 10.2 Å². The zero-order valence-electron chi connectivity index (χ0n) is 11.2. The predicted molar refractivity (Wildman–Crippen MR) is 74.0 cm³/mol. The van der Waals surface area contributed by atoms with Crippen LogP contribution >= 0.6 is 0 Å².